The summed E-state index contributed by atoms with van der Waals surface area (Å²) in [6.07, 6.45) is 0. The zero-order valence-electron chi connectivity index (χ0n) is 16.6. The Morgan fingerprint density at radius 3 is 2.29 bits per heavy atom. The summed E-state index contributed by atoms with van der Waals surface area (Å²) in [5.41, 5.74) is 1.07. The second-order valence-electron chi connectivity index (χ2n) is 7.26. The number of carbonyl (C=O) groups is 1. The molecule has 1 saturated heterocycles. The molecule has 150 valence electrons. The third kappa shape index (κ3) is 5.01. The molecule has 1 amide bonds. The standard InChI is InChI=1S/C22H27FN2O3/c1-16-13-25(22(26)15-28-21-10-8-20(27-3)9-11-21)17(2)12-24(16)14-18-4-6-19(23)7-5-18/h4-11,16-17H,12-15H2,1-3H3/t16-,17+/m1/s1. The highest BCUT2D eigenvalue weighted by molar-refractivity contribution is 5.78. The van der Waals surface area contributed by atoms with Gasteiger partial charge in [0.05, 0.1) is 7.11 Å². The molecule has 1 fully saturated rings. The number of nitrogens with zero attached hydrogens (tertiary/aromatic N) is 2. The van der Waals surface area contributed by atoms with Gasteiger partial charge >= 0.3 is 0 Å². The molecule has 6 heteroatoms. The first-order chi connectivity index (χ1) is 13.5. The minimum absolute atomic E-state index is 0.0152. The maximum atomic E-state index is 13.1. The molecular formula is C22H27FN2O3. The van der Waals surface area contributed by atoms with E-state index in [4.69, 9.17) is 9.47 Å². The summed E-state index contributed by atoms with van der Waals surface area (Å²) < 4.78 is 23.9. The number of amides is 1. The molecule has 0 N–H and O–H groups in total. The Kier molecular flexibility index (Phi) is 6.52. The molecule has 1 aliphatic rings. The number of benzene rings is 2. The lowest BCUT2D eigenvalue weighted by Crippen LogP contribution is -2.58. The Morgan fingerprint density at radius 1 is 1.00 bits per heavy atom. The smallest absolute Gasteiger partial charge is 0.260 e. The Bertz CT molecular complexity index is 779. The van der Waals surface area contributed by atoms with E-state index in [0.29, 0.717) is 12.3 Å². The van der Waals surface area contributed by atoms with E-state index in [1.165, 1.54) is 12.1 Å². The van der Waals surface area contributed by atoms with Gasteiger partial charge < -0.3 is 14.4 Å². The zero-order valence-corrected chi connectivity index (χ0v) is 16.6. The first-order valence-electron chi connectivity index (χ1n) is 9.51. The lowest BCUT2D eigenvalue weighted by Gasteiger charge is -2.44. The number of piperazine rings is 1. The summed E-state index contributed by atoms with van der Waals surface area (Å²) >= 11 is 0. The van der Waals surface area contributed by atoms with Crippen LogP contribution in [0.15, 0.2) is 48.5 Å². The summed E-state index contributed by atoms with van der Waals surface area (Å²) in [6, 6.07) is 14.1. The molecule has 0 saturated carbocycles. The van der Waals surface area contributed by atoms with Gasteiger partial charge in [-0.05, 0) is 55.8 Å². The van der Waals surface area contributed by atoms with Gasteiger partial charge in [-0.3, -0.25) is 9.69 Å². The Balaban J connectivity index is 1.53. The number of halogens is 1. The van der Waals surface area contributed by atoms with Crippen molar-refractivity contribution in [2.45, 2.75) is 32.5 Å². The fourth-order valence-electron chi connectivity index (χ4n) is 3.49. The van der Waals surface area contributed by atoms with Crippen molar-refractivity contribution in [3.8, 4) is 11.5 Å². The molecule has 1 heterocycles. The van der Waals surface area contributed by atoms with Gasteiger partial charge in [-0.2, -0.15) is 0 Å². The molecule has 0 radical (unpaired) electrons. The summed E-state index contributed by atoms with van der Waals surface area (Å²) in [5.74, 6) is 1.15. The van der Waals surface area contributed by atoms with E-state index in [1.807, 2.05) is 17.0 Å². The third-order valence-corrected chi connectivity index (χ3v) is 5.16. The average Bonchev–Trinajstić information content (AvgIpc) is 2.70. The van der Waals surface area contributed by atoms with E-state index < -0.39 is 0 Å². The van der Waals surface area contributed by atoms with Crippen LogP contribution in [-0.2, 0) is 11.3 Å². The lowest BCUT2D eigenvalue weighted by atomic mass is 10.1. The Labute approximate surface area is 165 Å². The Hall–Kier alpha value is -2.60. The van der Waals surface area contributed by atoms with Gasteiger partial charge in [0, 0.05) is 31.7 Å². The molecule has 2 atom stereocenters. The number of methoxy groups -OCH3 is 1. The quantitative estimate of drug-likeness (QED) is 0.764. The van der Waals surface area contributed by atoms with Gasteiger partial charge in [0.25, 0.3) is 5.91 Å². The van der Waals surface area contributed by atoms with Crippen LogP contribution in [0.2, 0.25) is 0 Å². The second kappa shape index (κ2) is 9.06. The van der Waals surface area contributed by atoms with Gasteiger partial charge in [-0.1, -0.05) is 12.1 Å². The van der Waals surface area contributed by atoms with Gasteiger partial charge in [-0.15, -0.1) is 0 Å². The largest absolute Gasteiger partial charge is 0.497 e. The number of ether oxygens (including phenoxy) is 2. The third-order valence-electron chi connectivity index (χ3n) is 5.16. The van der Waals surface area contributed by atoms with Crippen LogP contribution in [0.1, 0.15) is 19.4 Å². The van der Waals surface area contributed by atoms with Crippen molar-refractivity contribution in [3.63, 3.8) is 0 Å². The zero-order chi connectivity index (χ0) is 20.1. The van der Waals surface area contributed by atoms with Crippen molar-refractivity contribution in [1.82, 2.24) is 9.80 Å². The number of hydrogen-bond acceptors (Lipinski definition) is 4. The van der Waals surface area contributed by atoms with Crippen LogP contribution in [0.5, 0.6) is 11.5 Å². The molecule has 5 nitrogen and oxygen atoms in total. The Morgan fingerprint density at radius 2 is 1.64 bits per heavy atom. The minimum Gasteiger partial charge on any atom is -0.497 e. The van der Waals surface area contributed by atoms with E-state index in [9.17, 15) is 9.18 Å². The van der Waals surface area contributed by atoms with Crippen LogP contribution in [0.4, 0.5) is 4.39 Å². The molecule has 3 rings (SSSR count). The van der Waals surface area contributed by atoms with Crippen LogP contribution in [0.25, 0.3) is 0 Å². The number of rotatable bonds is 6. The van der Waals surface area contributed by atoms with Crippen LogP contribution in [0, 0.1) is 5.82 Å². The van der Waals surface area contributed by atoms with Gasteiger partial charge in [0.15, 0.2) is 6.61 Å². The van der Waals surface area contributed by atoms with Crippen molar-refractivity contribution in [2.24, 2.45) is 0 Å². The monoisotopic (exact) mass is 386 g/mol. The molecule has 0 spiro atoms. The fraction of sp³-hybridized carbons (Fsp3) is 0.409. The highest BCUT2D eigenvalue weighted by Crippen LogP contribution is 2.20. The fourth-order valence-corrected chi connectivity index (χ4v) is 3.49. The molecule has 1 aliphatic heterocycles. The molecule has 2 aromatic carbocycles. The van der Waals surface area contributed by atoms with Gasteiger partial charge in [-0.25, -0.2) is 4.39 Å². The first kappa shape index (κ1) is 20.1. The van der Waals surface area contributed by atoms with Crippen molar-refractivity contribution in [1.29, 1.82) is 0 Å². The van der Waals surface area contributed by atoms with E-state index in [-0.39, 0.29) is 30.4 Å². The average molecular weight is 386 g/mol. The summed E-state index contributed by atoms with van der Waals surface area (Å²) in [7, 11) is 1.61. The number of carbonyl (C=O) groups excluding carboxylic acids is 1. The predicted molar refractivity (Wildman–Crippen MR) is 106 cm³/mol. The SMILES string of the molecule is COc1ccc(OCC(=O)N2C[C@@H](C)N(Cc3ccc(F)cc3)C[C@@H]2C)cc1. The lowest BCUT2D eigenvalue weighted by molar-refractivity contribution is -0.139. The van der Waals surface area contributed by atoms with E-state index >= 15 is 0 Å². The maximum absolute atomic E-state index is 13.1. The van der Waals surface area contributed by atoms with E-state index in [0.717, 1.165) is 24.4 Å². The topological polar surface area (TPSA) is 42.0 Å². The molecule has 2 aromatic rings. The first-order valence-corrected chi connectivity index (χ1v) is 9.51. The molecule has 28 heavy (non-hydrogen) atoms. The van der Waals surface area contributed by atoms with Gasteiger partial charge in [0.2, 0.25) is 0 Å². The number of hydrogen-bond donors (Lipinski definition) is 0. The van der Waals surface area contributed by atoms with Crippen molar-refractivity contribution >= 4 is 5.91 Å². The molecule has 0 unspecified atom stereocenters. The van der Waals surface area contributed by atoms with E-state index in [2.05, 4.69) is 18.7 Å². The van der Waals surface area contributed by atoms with E-state index in [1.54, 1.807) is 31.4 Å². The minimum atomic E-state index is -0.225. The normalized spacial score (nSPS) is 20.1. The summed E-state index contributed by atoms with van der Waals surface area (Å²) in [5, 5.41) is 0. The van der Waals surface area contributed by atoms with Crippen LogP contribution >= 0.6 is 0 Å². The predicted octanol–water partition coefficient (Wildman–Crippen LogP) is 3.33. The highest BCUT2D eigenvalue weighted by Gasteiger charge is 2.32. The second-order valence-corrected chi connectivity index (χ2v) is 7.26. The summed E-state index contributed by atoms with van der Waals surface area (Å²) in [4.78, 5) is 16.9. The van der Waals surface area contributed by atoms with Crippen molar-refractivity contribution in [2.75, 3.05) is 26.8 Å². The molecular weight excluding hydrogens is 359 g/mol. The van der Waals surface area contributed by atoms with Crippen molar-refractivity contribution in [3.05, 3.63) is 59.9 Å². The maximum Gasteiger partial charge on any atom is 0.260 e. The molecule has 0 bridgehead atoms. The van der Waals surface area contributed by atoms with Crippen LogP contribution in [0.3, 0.4) is 0 Å². The van der Waals surface area contributed by atoms with Crippen LogP contribution < -0.4 is 9.47 Å². The van der Waals surface area contributed by atoms with Gasteiger partial charge in [0.1, 0.15) is 17.3 Å². The van der Waals surface area contributed by atoms with Crippen LogP contribution in [-0.4, -0.2) is 54.6 Å². The summed E-state index contributed by atoms with van der Waals surface area (Å²) in [6.45, 7) is 6.34. The highest BCUT2D eigenvalue weighted by atomic mass is 19.1. The molecule has 0 aromatic heterocycles. The molecule has 0 aliphatic carbocycles. The van der Waals surface area contributed by atoms with Crippen molar-refractivity contribution < 1.29 is 18.7 Å².